The summed E-state index contributed by atoms with van der Waals surface area (Å²) in [6, 6.07) is 8.99. The Bertz CT molecular complexity index is 569. The SMILES string of the molecule is O=C(N[C@H](Cc1ccccc1)C(=O)N1CCOCC1)N1CCOCC1. The highest BCUT2D eigenvalue weighted by Crippen LogP contribution is 2.09. The number of hydrogen-bond donors (Lipinski definition) is 1. The molecule has 1 aromatic rings. The second-order valence-electron chi connectivity index (χ2n) is 6.23. The Morgan fingerprint density at radius 2 is 1.48 bits per heavy atom. The highest BCUT2D eigenvalue weighted by molar-refractivity contribution is 5.87. The van der Waals surface area contributed by atoms with Crippen LogP contribution >= 0.6 is 0 Å². The first kappa shape index (κ1) is 17.7. The van der Waals surface area contributed by atoms with E-state index >= 15 is 0 Å². The van der Waals surface area contributed by atoms with Gasteiger partial charge in [0.15, 0.2) is 0 Å². The quantitative estimate of drug-likeness (QED) is 0.861. The Morgan fingerprint density at radius 3 is 2.08 bits per heavy atom. The van der Waals surface area contributed by atoms with E-state index in [0.29, 0.717) is 59.0 Å². The normalized spacial score (nSPS) is 19.4. The molecule has 1 N–H and O–H groups in total. The number of morpholine rings is 2. The molecule has 2 heterocycles. The van der Waals surface area contributed by atoms with Crippen molar-refractivity contribution in [2.45, 2.75) is 12.5 Å². The molecule has 0 aliphatic carbocycles. The Kier molecular flexibility index (Phi) is 6.25. The van der Waals surface area contributed by atoms with Gasteiger partial charge in [-0.1, -0.05) is 30.3 Å². The van der Waals surface area contributed by atoms with Crippen LogP contribution in [-0.2, 0) is 20.7 Å². The van der Waals surface area contributed by atoms with E-state index in [1.807, 2.05) is 30.3 Å². The Balaban J connectivity index is 1.68. The van der Waals surface area contributed by atoms with Gasteiger partial charge in [-0.15, -0.1) is 0 Å². The van der Waals surface area contributed by atoms with Crippen molar-refractivity contribution in [1.29, 1.82) is 0 Å². The lowest BCUT2D eigenvalue weighted by atomic mass is 10.0. The van der Waals surface area contributed by atoms with Gasteiger partial charge in [-0.05, 0) is 5.56 Å². The first-order valence-corrected chi connectivity index (χ1v) is 8.77. The van der Waals surface area contributed by atoms with Crippen LogP contribution in [0.1, 0.15) is 5.56 Å². The maximum absolute atomic E-state index is 12.9. The van der Waals surface area contributed by atoms with Crippen LogP contribution in [0.3, 0.4) is 0 Å². The van der Waals surface area contributed by atoms with Crippen molar-refractivity contribution in [2.24, 2.45) is 0 Å². The molecule has 3 rings (SSSR count). The lowest BCUT2D eigenvalue weighted by Crippen LogP contribution is -2.56. The van der Waals surface area contributed by atoms with Crippen LogP contribution in [0, 0.1) is 0 Å². The molecule has 2 fully saturated rings. The maximum atomic E-state index is 12.9. The number of carbonyl (C=O) groups is 2. The minimum atomic E-state index is -0.573. The second-order valence-corrected chi connectivity index (χ2v) is 6.23. The third-order valence-corrected chi connectivity index (χ3v) is 4.50. The average Bonchev–Trinajstić information content (AvgIpc) is 2.69. The highest BCUT2D eigenvalue weighted by Gasteiger charge is 2.29. The molecule has 3 amide bonds. The molecule has 25 heavy (non-hydrogen) atoms. The first-order chi connectivity index (χ1) is 12.2. The average molecular weight is 347 g/mol. The van der Waals surface area contributed by atoms with Crippen LogP contribution in [0.15, 0.2) is 30.3 Å². The number of carbonyl (C=O) groups excluding carboxylic acids is 2. The summed E-state index contributed by atoms with van der Waals surface area (Å²) in [4.78, 5) is 29.0. The molecule has 1 atom stereocenters. The topological polar surface area (TPSA) is 71.1 Å². The molecule has 0 saturated carbocycles. The summed E-state index contributed by atoms with van der Waals surface area (Å²) in [6.07, 6.45) is 0.479. The maximum Gasteiger partial charge on any atom is 0.318 e. The number of nitrogens with one attached hydrogen (secondary N) is 1. The third kappa shape index (κ3) is 4.93. The van der Waals surface area contributed by atoms with Crippen molar-refractivity contribution in [3.63, 3.8) is 0 Å². The van der Waals surface area contributed by atoms with Crippen LogP contribution in [0.4, 0.5) is 4.79 Å². The molecule has 7 nitrogen and oxygen atoms in total. The summed E-state index contributed by atoms with van der Waals surface area (Å²) in [7, 11) is 0. The van der Waals surface area contributed by atoms with Gasteiger partial charge in [0.2, 0.25) is 5.91 Å². The molecule has 0 aromatic heterocycles. The van der Waals surface area contributed by atoms with E-state index in [9.17, 15) is 9.59 Å². The van der Waals surface area contributed by atoms with E-state index in [-0.39, 0.29) is 11.9 Å². The van der Waals surface area contributed by atoms with Gasteiger partial charge in [0, 0.05) is 32.6 Å². The fourth-order valence-electron chi connectivity index (χ4n) is 3.06. The summed E-state index contributed by atoms with van der Waals surface area (Å²) < 4.78 is 10.6. The molecule has 0 radical (unpaired) electrons. The zero-order chi connectivity index (χ0) is 17.5. The number of urea groups is 1. The number of benzene rings is 1. The van der Waals surface area contributed by atoms with Gasteiger partial charge >= 0.3 is 6.03 Å². The predicted octanol–water partition coefficient (Wildman–Crippen LogP) is 0.498. The lowest BCUT2D eigenvalue weighted by molar-refractivity contribution is -0.137. The van der Waals surface area contributed by atoms with Gasteiger partial charge in [0.1, 0.15) is 6.04 Å². The minimum Gasteiger partial charge on any atom is -0.378 e. The van der Waals surface area contributed by atoms with Gasteiger partial charge in [0.05, 0.1) is 26.4 Å². The van der Waals surface area contributed by atoms with Crippen molar-refractivity contribution in [3.05, 3.63) is 35.9 Å². The molecule has 0 spiro atoms. The molecular weight excluding hydrogens is 322 g/mol. The highest BCUT2D eigenvalue weighted by atomic mass is 16.5. The van der Waals surface area contributed by atoms with Crippen LogP contribution in [0.5, 0.6) is 0 Å². The van der Waals surface area contributed by atoms with Gasteiger partial charge in [-0.25, -0.2) is 4.79 Å². The number of hydrogen-bond acceptors (Lipinski definition) is 4. The summed E-state index contributed by atoms with van der Waals surface area (Å²) in [5, 5.41) is 2.93. The fraction of sp³-hybridized carbons (Fsp3) is 0.556. The fourth-order valence-corrected chi connectivity index (χ4v) is 3.06. The second kappa shape index (κ2) is 8.82. The summed E-state index contributed by atoms with van der Waals surface area (Å²) in [6.45, 7) is 4.39. The molecule has 0 bridgehead atoms. The summed E-state index contributed by atoms with van der Waals surface area (Å²) in [5.74, 6) is -0.0474. The van der Waals surface area contributed by atoms with Crippen LogP contribution in [0.25, 0.3) is 0 Å². The van der Waals surface area contributed by atoms with E-state index in [2.05, 4.69) is 5.32 Å². The number of ether oxygens (including phenoxy) is 2. The Hall–Kier alpha value is -2.12. The Morgan fingerprint density at radius 1 is 0.920 bits per heavy atom. The standard InChI is InChI=1S/C18H25N3O4/c22-17(20-6-10-24-11-7-20)16(14-15-4-2-1-3-5-15)19-18(23)21-8-12-25-13-9-21/h1-5,16H,6-14H2,(H,19,23)/t16-/m1/s1. The zero-order valence-electron chi connectivity index (χ0n) is 14.4. The van der Waals surface area contributed by atoms with Crippen molar-refractivity contribution >= 4 is 11.9 Å². The molecule has 2 aliphatic rings. The molecule has 0 unspecified atom stereocenters. The van der Waals surface area contributed by atoms with Gasteiger partial charge in [-0.3, -0.25) is 4.79 Å². The molecule has 1 aromatic carbocycles. The van der Waals surface area contributed by atoms with Gasteiger partial charge in [-0.2, -0.15) is 0 Å². The van der Waals surface area contributed by atoms with Crippen molar-refractivity contribution < 1.29 is 19.1 Å². The van der Waals surface area contributed by atoms with E-state index in [4.69, 9.17) is 9.47 Å². The predicted molar refractivity (Wildman–Crippen MR) is 92.3 cm³/mol. The van der Waals surface area contributed by atoms with Crippen LogP contribution < -0.4 is 5.32 Å². The van der Waals surface area contributed by atoms with Crippen molar-refractivity contribution in [1.82, 2.24) is 15.1 Å². The van der Waals surface area contributed by atoms with Gasteiger partial charge in [0.25, 0.3) is 0 Å². The first-order valence-electron chi connectivity index (χ1n) is 8.77. The van der Waals surface area contributed by atoms with Crippen LogP contribution in [-0.4, -0.2) is 80.4 Å². The van der Waals surface area contributed by atoms with E-state index in [1.165, 1.54) is 0 Å². The monoisotopic (exact) mass is 347 g/mol. The molecule has 7 heteroatoms. The van der Waals surface area contributed by atoms with Crippen molar-refractivity contribution in [3.8, 4) is 0 Å². The number of amides is 3. The molecule has 2 aliphatic heterocycles. The van der Waals surface area contributed by atoms with E-state index in [0.717, 1.165) is 5.56 Å². The van der Waals surface area contributed by atoms with Crippen molar-refractivity contribution in [2.75, 3.05) is 52.6 Å². The molecular formula is C18H25N3O4. The van der Waals surface area contributed by atoms with Gasteiger partial charge < -0.3 is 24.6 Å². The summed E-state index contributed by atoms with van der Waals surface area (Å²) >= 11 is 0. The van der Waals surface area contributed by atoms with E-state index < -0.39 is 6.04 Å². The Labute approximate surface area is 147 Å². The number of rotatable bonds is 4. The number of nitrogens with zero attached hydrogens (tertiary/aromatic N) is 2. The molecule has 136 valence electrons. The van der Waals surface area contributed by atoms with Crippen LogP contribution in [0.2, 0.25) is 0 Å². The van der Waals surface area contributed by atoms with E-state index in [1.54, 1.807) is 9.80 Å². The largest absolute Gasteiger partial charge is 0.378 e. The summed E-state index contributed by atoms with van der Waals surface area (Å²) in [5.41, 5.74) is 1.02. The third-order valence-electron chi connectivity index (χ3n) is 4.50. The zero-order valence-corrected chi connectivity index (χ0v) is 14.4. The lowest BCUT2D eigenvalue weighted by Gasteiger charge is -2.33. The minimum absolute atomic E-state index is 0.0474. The smallest absolute Gasteiger partial charge is 0.318 e. The molecule has 2 saturated heterocycles.